The summed E-state index contributed by atoms with van der Waals surface area (Å²) in [6.45, 7) is 6.22. The Bertz CT molecular complexity index is 1190. The number of hydrogen-bond donors (Lipinski definition) is 3. The normalized spacial score (nSPS) is 31.1. The average Bonchev–Trinajstić information content (AvgIpc) is 3.49. The maximum atomic E-state index is 14.3. The predicted molar refractivity (Wildman–Crippen MR) is 149 cm³/mol. The van der Waals surface area contributed by atoms with Crippen molar-refractivity contribution in [1.82, 2.24) is 10.2 Å². The first-order chi connectivity index (χ1) is 18.3. The molecule has 5 rings (SSSR count). The van der Waals surface area contributed by atoms with Gasteiger partial charge in [0, 0.05) is 17.0 Å². The van der Waals surface area contributed by atoms with Crippen LogP contribution in [0.15, 0.2) is 60.7 Å². The van der Waals surface area contributed by atoms with E-state index in [0.29, 0.717) is 18.7 Å². The molecule has 3 aliphatic rings. The molecule has 2 aromatic carbocycles. The van der Waals surface area contributed by atoms with Crippen LogP contribution in [-0.2, 0) is 20.9 Å². The van der Waals surface area contributed by atoms with Crippen LogP contribution in [0.1, 0.15) is 45.6 Å². The third-order valence-corrected chi connectivity index (χ3v) is 10.9. The molecule has 3 saturated heterocycles. The molecule has 0 radical (unpaired) electrons. The summed E-state index contributed by atoms with van der Waals surface area (Å²) >= 11 is 1.65. The zero-order chi connectivity index (χ0) is 27.1. The van der Waals surface area contributed by atoms with E-state index in [2.05, 4.69) is 17.6 Å². The fourth-order valence-corrected chi connectivity index (χ4v) is 9.20. The molecular formula is C30H37N3O4S. The quantitative estimate of drug-likeness (QED) is 0.453. The summed E-state index contributed by atoms with van der Waals surface area (Å²) in [5, 5.41) is 16.6. The molecule has 3 fully saturated rings. The van der Waals surface area contributed by atoms with E-state index < -0.39 is 33.4 Å². The Balaban J connectivity index is 1.51. The molecule has 2 bridgehead atoms. The first-order valence-corrected chi connectivity index (χ1v) is 14.4. The zero-order valence-electron chi connectivity index (χ0n) is 22.2. The second-order valence-corrected chi connectivity index (χ2v) is 13.1. The molecule has 2 unspecified atom stereocenters. The number of likely N-dealkylation sites (tertiary alicyclic amines) is 1. The third-order valence-electron chi connectivity index (χ3n) is 8.94. The van der Waals surface area contributed by atoms with Crippen molar-refractivity contribution in [1.29, 1.82) is 0 Å². The average molecular weight is 536 g/mol. The first-order valence-electron chi connectivity index (χ1n) is 13.6. The van der Waals surface area contributed by atoms with E-state index in [1.807, 2.05) is 74.5 Å². The zero-order valence-corrected chi connectivity index (χ0v) is 23.0. The minimum Gasteiger partial charge on any atom is -0.394 e. The molecule has 7 nitrogen and oxygen atoms in total. The molecule has 0 saturated carbocycles. The number of fused-ring (bicyclic) bond motifs is 1. The number of thioether (sulfide) groups is 1. The number of nitrogens with zero attached hydrogens (tertiary/aromatic N) is 1. The van der Waals surface area contributed by atoms with Gasteiger partial charge in [-0.2, -0.15) is 0 Å². The molecule has 0 aliphatic carbocycles. The molecule has 2 aromatic rings. The Morgan fingerprint density at radius 2 is 1.74 bits per heavy atom. The van der Waals surface area contributed by atoms with Crippen LogP contribution in [0.3, 0.4) is 0 Å². The van der Waals surface area contributed by atoms with E-state index in [9.17, 15) is 19.5 Å². The molecule has 3 aliphatic heterocycles. The summed E-state index contributed by atoms with van der Waals surface area (Å²) in [4.78, 5) is 43.8. The Morgan fingerprint density at radius 3 is 2.37 bits per heavy atom. The summed E-state index contributed by atoms with van der Waals surface area (Å²) in [5.74, 6) is -1.78. The molecule has 1 spiro atoms. The van der Waals surface area contributed by atoms with Gasteiger partial charge in [-0.15, -0.1) is 11.8 Å². The fourth-order valence-electron chi connectivity index (χ4n) is 6.86. The van der Waals surface area contributed by atoms with Crippen LogP contribution in [0.4, 0.5) is 5.69 Å². The van der Waals surface area contributed by atoms with Gasteiger partial charge in [0.25, 0.3) is 0 Å². The number of benzene rings is 2. The SMILES string of the molecule is CC[C@H](C)[C@H](CO)N1C(=O)[C@@H]2[C@H](C(=O)Nc3ccccc3)[C@]3(C)CCC2(S3)C1C(=O)NCc1ccccc1. The lowest BCUT2D eigenvalue weighted by molar-refractivity contribution is -0.143. The summed E-state index contributed by atoms with van der Waals surface area (Å²) in [7, 11) is 0. The van der Waals surface area contributed by atoms with Crippen molar-refractivity contribution in [2.24, 2.45) is 17.8 Å². The van der Waals surface area contributed by atoms with Gasteiger partial charge in [-0.05, 0) is 43.4 Å². The topological polar surface area (TPSA) is 98.7 Å². The number of para-hydroxylation sites is 1. The lowest BCUT2D eigenvalue weighted by Gasteiger charge is -2.39. The number of hydrogen-bond acceptors (Lipinski definition) is 5. The van der Waals surface area contributed by atoms with Gasteiger partial charge < -0.3 is 20.6 Å². The van der Waals surface area contributed by atoms with Gasteiger partial charge in [-0.3, -0.25) is 14.4 Å². The number of carbonyl (C=O) groups excluding carboxylic acids is 3. The maximum absolute atomic E-state index is 14.3. The number of aliphatic hydroxyl groups excluding tert-OH is 1. The van der Waals surface area contributed by atoms with Gasteiger partial charge in [0.1, 0.15) is 6.04 Å². The number of amides is 3. The van der Waals surface area contributed by atoms with Crippen molar-refractivity contribution < 1.29 is 19.5 Å². The molecule has 3 heterocycles. The summed E-state index contributed by atoms with van der Waals surface area (Å²) < 4.78 is -1.17. The smallest absolute Gasteiger partial charge is 0.244 e. The van der Waals surface area contributed by atoms with Gasteiger partial charge in [-0.1, -0.05) is 68.8 Å². The molecular weight excluding hydrogens is 498 g/mol. The second kappa shape index (κ2) is 10.4. The van der Waals surface area contributed by atoms with Crippen LogP contribution in [0.5, 0.6) is 0 Å². The van der Waals surface area contributed by atoms with E-state index in [0.717, 1.165) is 18.4 Å². The first kappa shape index (κ1) is 26.8. The van der Waals surface area contributed by atoms with Crippen LogP contribution in [0.25, 0.3) is 0 Å². The van der Waals surface area contributed by atoms with E-state index in [4.69, 9.17) is 0 Å². The fraction of sp³-hybridized carbons (Fsp3) is 0.500. The number of nitrogens with one attached hydrogen (secondary N) is 2. The summed E-state index contributed by atoms with van der Waals surface area (Å²) in [6, 6.07) is 17.7. The third kappa shape index (κ3) is 4.31. The highest BCUT2D eigenvalue weighted by atomic mass is 32.2. The highest BCUT2D eigenvalue weighted by Crippen LogP contribution is 2.71. The Morgan fingerprint density at radius 1 is 1.08 bits per heavy atom. The standard InChI is InChI=1S/C30H37N3O4S/c1-4-19(2)22(18-34)33-25(27(36)31-17-20-11-7-5-8-12-20)30-16-15-29(3,38-30)23(24(30)28(33)37)26(35)32-21-13-9-6-10-14-21/h5-14,19,22-25,34H,4,15-18H2,1-3H3,(H,31,36)(H,32,35)/t19-,22-,23+,24-,25?,29-,30?/m0/s1. The van der Waals surface area contributed by atoms with Gasteiger partial charge in [0.05, 0.1) is 29.2 Å². The van der Waals surface area contributed by atoms with E-state index in [-0.39, 0.29) is 30.2 Å². The van der Waals surface area contributed by atoms with Crippen molar-refractivity contribution in [3.63, 3.8) is 0 Å². The Hall–Kier alpha value is -2.84. The molecule has 0 aromatic heterocycles. The van der Waals surface area contributed by atoms with Crippen LogP contribution in [-0.4, -0.2) is 55.9 Å². The predicted octanol–water partition coefficient (Wildman–Crippen LogP) is 3.83. The monoisotopic (exact) mass is 535 g/mol. The van der Waals surface area contributed by atoms with Crippen molar-refractivity contribution in [3.8, 4) is 0 Å². The highest BCUT2D eigenvalue weighted by Gasteiger charge is 2.77. The number of aliphatic hydroxyl groups is 1. The van der Waals surface area contributed by atoms with E-state index >= 15 is 0 Å². The van der Waals surface area contributed by atoms with Crippen LogP contribution in [0.2, 0.25) is 0 Å². The van der Waals surface area contributed by atoms with Crippen molar-refractivity contribution in [2.45, 2.75) is 68.2 Å². The second-order valence-electron chi connectivity index (χ2n) is 11.2. The summed E-state index contributed by atoms with van der Waals surface area (Å²) in [6.07, 6.45) is 2.18. The van der Waals surface area contributed by atoms with Crippen LogP contribution in [0, 0.1) is 17.8 Å². The molecule has 38 heavy (non-hydrogen) atoms. The van der Waals surface area contributed by atoms with E-state index in [1.54, 1.807) is 16.7 Å². The molecule has 7 atom stereocenters. The van der Waals surface area contributed by atoms with Crippen molar-refractivity contribution in [2.75, 3.05) is 11.9 Å². The van der Waals surface area contributed by atoms with E-state index in [1.165, 1.54) is 0 Å². The lowest BCUT2D eigenvalue weighted by Crippen LogP contribution is -2.57. The van der Waals surface area contributed by atoms with Gasteiger partial charge in [0.15, 0.2) is 0 Å². The maximum Gasteiger partial charge on any atom is 0.244 e. The number of anilines is 1. The van der Waals surface area contributed by atoms with Gasteiger partial charge >= 0.3 is 0 Å². The highest BCUT2D eigenvalue weighted by molar-refractivity contribution is 8.02. The van der Waals surface area contributed by atoms with Gasteiger partial charge in [0.2, 0.25) is 17.7 Å². The minimum atomic E-state index is -0.754. The van der Waals surface area contributed by atoms with Crippen molar-refractivity contribution >= 4 is 35.2 Å². The van der Waals surface area contributed by atoms with Crippen LogP contribution >= 0.6 is 11.8 Å². The number of rotatable bonds is 9. The minimum absolute atomic E-state index is 0.00187. The molecule has 3 N–H and O–H groups in total. The largest absolute Gasteiger partial charge is 0.394 e. The van der Waals surface area contributed by atoms with Gasteiger partial charge in [-0.25, -0.2) is 0 Å². The Kier molecular flexibility index (Phi) is 7.31. The lowest BCUT2D eigenvalue weighted by atomic mass is 9.66. The Labute approximate surface area is 228 Å². The van der Waals surface area contributed by atoms with Crippen LogP contribution < -0.4 is 10.6 Å². The molecule has 202 valence electrons. The molecule has 8 heteroatoms. The van der Waals surface area contributed by atoms with Crippen molar-refractivity contribution in [3.05, 3.63) is 66.2 Å². The number of carbonyl (C=O) groups is 3. The summed E-state index contributed by atoms with van der Waals surface area (Å²) in [5.41, 5.74) is 1.66. The molecule has 3 amide bonds.